The predicted octanol–water partition coefficient (Wildman–Crippen LogP) is 4.69. The lowest BCUT2D eigenvalue weighted by atomic mass is 9.98. The van der Waals surface area contributed by atoms with Crippen molar-refractivity contribution in [2.45, 2.75) is 184 Å². The zero-order chi connectivity index (χ0) is 36.6. The van der Waals surface area contributed by atoms with Gasteiger partial charge in [0.15, 0.2) is 6.29 Å². The van der Waals surface area contributed by atoms with Crippen molar-refractivity contribution >= 4 is 5.91 Å². The van der Waals surface area contributed by atoms with Gasteiger partial charge in [0, 0.05) is 6.42 Å². The maximum absolute atomic E-state index is 12.9. The minimum absolute atomic E-state index is 0.247. The van der Waals surface area contributed by atoms with Crippen LogP contribution in [0.1, 0.15) is 134 Å². The molecule has 1 heterocycles. The number of nitrogens with one attached hydrogen (secondary N) is 1. The molecule has 2 rings (SSSR count). The molecule has 0 bridgehead atoms. The number of hydrogen-bond acceptors (Lipinski definition) is 10. The third-order valence-corrected chi connectivity index (χ3v) is 9.82. The van der Waals surface area contributed by atoms with Gasteiger partial charge in [-0.3, -0.25) is 4.79 Å². The molecular formula is C39H69NO10. The van der Waals surface area contributed by atoms with Gasteiger partial charge in [-0.25, -0.2) is 0 Å². The SMILES string of the molecule is CCCCCCCCCCCCCC[C@@H](O)[C@@H](O)[C@H](CO[C@H]1O[C@H](CO)[C@H](O)[C@H](O)[C@H]1O)NC(=O)CCCCCCCc1ccc(OC)cc1. The summed E-state index contributed by atoms with van der Waals surface area (Å²) in [5, 5.41) is 64.9. The summed E-state index contributed by atoms with van der Waals surface area (Å²) < 4.78 is 16.3. The number of methoxy groups -OCH3 is 1. The Labute approximate surface area is 300 Å². The quantitative estimate of drug-likeness (QED) is 0.0577. The van der Waals surface area contributed by atoms with Gasteiger partial charge < -0.3 is 50.2 Å². The standard InChI is InChI=1S/C39H69NO10/c1-3-4-5-6-7-8-9-10-11-12-15-18-21-32(42)35(44)31(28-49-39-38(47)37(46)36(45)33(27-41)50-39)40-34(43)22-19-16-13-14-17-20-29-23-25-30(48-2)26-24-29/h23-26,31-33,35-39,41-42,44-47H,3-22,27-28H2,1-2H3,(H,40,43)/t31-,32+,33+,35-,36-,37-,38+,39-/m0/s1. The van der Waals surface area contributed by atoms with Gasteiger partial charge >= 0.3 is 0 Å². The minimum atomic E-state index is -1.61. The van der Waals surface area contributed by atoms with Crippen molar-refractivity contribution in [3.05, 3.63) is 29.8 Å². The van der Waals surface area contributed by atoms with E-state index < -0.39 is 55.6 Å². The smallest absolute Gasteiger partial charge is 0.220 e. The van der Waals surface area contributed by atoms with Gasteiger partial charge in [0.2, 0.25) is 5.91 Å². The van der Waals surface area contributed by atoms with Crippen LogP contribution < -0.4 is 10.1 Å². The first-order valence-corrected chi connectivity index (χ1v) is 19.4. The lowest BCUT2D eigenvalue weighted by molar-refractivity contribution is -0.303. The fourth-order valence-corrected chi connectivity index (χ4v) is 6.48. The molecule has 50 heavy (non-hydrogen) atoms. The molecule has 0 aliphatic carbocycles. The van der Waals surface area contributed by atoms with Crippen LogP contribution in [0.2, 0.25) is 0 Å². The van der Waals surface area contributed by atoms with Crippen LogP contribution >= 0.6 is 0 Å². The summed E-state index contributed by atoms with van der Waals surface area (Å²) in [6.07, 6.45) is 10.7. The highest BCUT2D eigenvalue weighted by Crippen LogP contribution is 2.23. The van der Waals surface area contributed by atoms with Gasteiger partial charge in [0.25, 0.3) is 0 Å². The Morgan fingerprint density at radius 1 is 0.780 bits per heavy atom. The molecule has 1 aromatic carbocycles. The first-order chi connectivity index (χ1) is 24.2. The summed E-state index contributed by atoms with van der Waals surface area (Å²) in [7, 11) is 1.65. The van der Waals surface area contributed by atoms with Crippen LogP contribution in [0.25, 0.3) is 0 Å². The lowest BCUT2D eigenvalue weighted by Crippen LogP contribution is -2.60. The molecule has 8 atom stereocenters. The van der Waals surface area contributed by atoms with Crippen LogP contribution in [0.3, 0.4) is 0 Å². The molecule has 11 heteroatoms. The van der Waals surface area contributed by atoms with E-state index in [0.717, 1.165) is 63.5 Å². The zero-order valence-corrected chi connectivity index (χ0v) is 30.8. The van der Waals surface area contributed by atoms with E-state index >= 15 is 0 Å². The molecule has 7 N–H and O–H groups in total. The monoisotopic (exact) mass is 711 g/mol. The Morgan fingerprint density at radius 2 is 1.34 bits per heavy atom. The predicted molar refractivity (Wildman–Crippen MR) is 194 cm³/mol. The zero-order valence-electron chi connectivity index (χ0n) is 30.8. The van der Waals surface area contributed by atoms with Gasteiger partial charge in [-0.2, -0.15) is 0 Å². The number of hydrogen-bond donors (Lipinski definition) is 7. The second kappa shape index (κ2) is 26.9. The molecule has 1 fully saturated rings. The Kier molecular flexibility index (Phi) is 23.8. The third kappa shape index (κ3) is 17.6. The number of aryl methyl sites for hydroxylation is 1. The topological polar surface area (TPSA) is 178 Å². The van der Waals surface area contributed by atoms with Crippen LogP contribution in [0.4, 0.5) is 0 Å². The number of aliphatic hydroxyl groups excluding tert-OH is 6. The van der Waals surface area contributed by atoms with Crippen LogP contribution in [-0.2, 0) is 20.7 Å². The van der Waals surface area contributed by atoms with Gasteiger partial charge in [0.1, 0.15) is 36.3 Å². The van der Waals surface area contributed by atoms with Crippen molar-refractivity contribution < 1.29 is 49.6 Å². The Hall–Kier alpha value is -1.83. The number of unbranched alkanes of at least 4 members (excludes halogenated alkanes) is 15. The van der Waals surface area contributed by atoms with E-state index in [2.05, 4.69) is 24.4 Å². The average molecular weight is 712 g/mol. The van der Waals surface area contributed by atoms with Crippen molar-refractivity contribution in [3.8, 4) is 5.75 Å². The molecule has 1 aromatic rings. The van der Waals surface area contributed by atoms with E-state index in [1.54, 1.807) is 7.11 Å². The van der Waals surface area contributed by atoms with Crippen LogP contribution in [0.5, 0.6) is 5.75 Å². The second-order valence-corrected chi connectivity index (χ2v) is 14.1. The summed E-state index contributed by atoms with van der Waals surface area (Å²) in [5.41, 5.74) is 1.27. The van der Waals surface area contributed by atoms with Crippen LogP contribution in [-0.4, -0.2) is 106 Å². The molecule has 1 aliphatic heterocycles. The summed E-state index contributed by atoms with van der Waals surface area (Å²) in [6.45, 7) is 1.30. The third-order valence-electron chi connectivity index (χ3n) is 9.82. The number of amides is 1. The number of carbonyl (C=O) groups excluding carboxylic acids is 1. The molecule has 1 saturated heterocycles. The number of carbonyl (C=O) groups is 1. The molecular weight excluding hydrogens is 642 g/mol. The number of rotatable bonds is 29. The lowest BCUT2D eigenvalue weighted by Gasteiger charge is -2.40. The van der Waals surface area contributed by atoms with Gasteiger partial charge in [-0.05, 0) is 43.4 Å². The number of benzene rings is 1. The molecule has 0 aromatic heterocycles. The van der Waals surface area contributed by atoms with E-state index in [0.29, 0.717) is 12.8 Å². The average Bonchev–Trinajstić information content (AvgIpc) is 3.12. The van der Waals surface area contributed by atoms with Crippen molar-refractivity contribution in [2.75, 3.05) is 20.3 Å². The first-order valence-electron chi connectivity index (χ1n) is 19.4. The maximum Gasteiger partial charge on any atom is 0.220 e. The summed E-state index contributed by atoms with van der Waals surface area (Å²) in [4.78, 5) is 12.9. The number of aliphatic hydroxyl groups is 6. The highest BCUT2D eigenvalue weighted by Gasteiger charge is 2.44. The fourth-order valence-electron chi connectivity index (χ4n) is 6.48. The normalized spacial score (nSPS) is 22.6. The summed E-state index contributed by atoms with van der Waals surface area (Å²) in [5.74, 6) is 0.554. The largest absolute Gasteiger partial charge is 0.497 e. The molecule has 1 aliphatic rings. The summed E-state index contributed by atoms with van der Waals surface area (Å²) in [6, 6.07) is 7.07. The highest BCUT2D eigenvalue weighted by molar-refractivity contribution is 5.76. The Bertz CT molecular complexity index is 980. The molecule has 11 nitrogen and oxygen atoms in total. The van der Waals surface area contributed by atoms with Gasteiger partial charge in [-0.1, -0.05) is 115 Å². The van der Waals surface area contributed by atoms with Crippen molar-refractivity contribution in [3.63, 3.8) is 0 Å². The minimum Gasteiger partial charge on any atom is -0.497 e. The summed E-state index contributed by atoms with van der Waals surface area (Å²) >= 11 is 0. The molecule has 1 amide bonds. The van der Waals surface area contributed by atoms with Crippen molar-refractivity contribution in [2.24, 2.45) is 0 Å². The van der Waals surface area contributed by atoms with E-state index in [1.165, 1.54) is 56.9 Å². The Balaban J connectivity index is 1.77. The van der Waals surface area contributed by atoms with Crippen molar-refractivity contribution in [1.82, 2.24) is 5.32 Å². The van der Waals surface area contributed by atoms with E-state index in [1.807, 2.05) is 12.1 Å². The first kappa shape index (κ1) is 44.3. The Morgan fingerprint density at radius 3 is 1.92 bits per heavy atom. The fraction of sp³-hybridized carbons (Fsp3) is 0.821. The highest BCUT2D eigenvalue weighted by atomic mass is 16.7. The van der Waals surface area contributed by atoms with E-state index in [9.17, 15) is 35.4 Å². The molecule has 0 saturated carbocycles. The number of ether oxygens (including phenoxy) is 3. The van der Waals surface area contributed by atoms with Crippen LogP contribution in [0, 0.1) is 0 Å². The molecule has 290 valence electrons. The van der Waals surface area contributed by atoms with E-state index in [4.69, 9.17) is 14.2 Å². The molecule has 0 spiro atoms. The maximum atomic E-state index is 12.9. The molecule has 0 radical (unpaired) electrons. The van der Waals surface area contributed by atoms with Gasteiger partial charge in [0.05, 0.1) is 32.5 Å². The van der Waals surface area contributed by atoms with Crippen LogP contribution in [0.15, 0.2) is 24.3 Å². The second-order valence-electron chi connectivity index (χ2n) is 14.1. The molecule has 0 unspecified atom stereocenters. The van der Waals surface area contributed by atoms with Gasteiger partial charge in [-0.15, -0.1) is 0 Å². The van der Waals surface area contributed by atoms with E-state index in [-0.39, 0.29) is 18.9 Å². The van der Waals surface area contributed by atoms with Crippen molar-refractivity contribution in [1.29, 1.82) is 0 Å².